The van der Waals surface area contributed by atoms with E-state index in [0.29, 0.717) is 17.7 Å². The van der Waals surface area contributed by atoms with Gasteiger partial charge < -0.3 is 34.3 Å². The number of aliphatic hydroxyl groups is 3. The zero-order chi connectivity index (χ0) is 20.8. The van der Waals surface area contributed by atoms with Crippen LogP contribution in [0.15, 0.2) is 36.4 Å². The molecule has 0 radical (unpaired) electrons. The van der Waals surface area contributed by atoms with Crippen LogP contribution in [0.1, 0.15) is 29.2 Å². The maximum Gasteiger partial charge on any atom is 0.225 e. The van der Waals surface area contributed by atoms with Gasteiger partial charge in [0.2, 0.25) is 5.79 Å². The van der Waals surface area contributed by atoms with Gasteiger partial charge in [-0.1, -0.05) is 12.1 Å². The van der Waals surface area contributed by atoms with E-state index in [-0.39, 0.29) is 6.61 Å². The molecule has 29 heavy (non-hydrogen) atoms. The molecular weight excluding hydrogens is 376 g/mol. The van der Waals surface area contributed by atoms with Crippen LogP contribution in [-0.4, -0.2) is 54.0 Å². The Hall–Kier alpha value is -2.16. The molecule has 2 aromatic rings. The average Bonchev–Trinajstić information content (AvgIpc) is 3.09. The molecule has 2 aliphatic heterocycles. The average molecular weight is 402 g/mol. The van der Waals surface area contributed by atoms with Crippen molar-refractivity contribution in [3.63, 3.8) is 0 Å². The molecule has 1 saturated heterocycles. The lowest BCUT2D eigenvalue weighted by atomic mass is 9.86. The van der Waals surface area contributed by atoms with E-state index in [1.807, 2.05) is 36.4 Å². The third-order valence-corrected chi connectivity index (χ3v) is 5.78. The molecule has 2 aliphatic rings. The van der Waals surface area contributed by atoms with Crippen molar-refractivity contribution in [2.75, 3.05) is 14.2 Å². The van der Waals surface area contributed by atoms with Crippen molar-refractivity contribution in [3.05, 3.63) is 58.7 Å². The maximum absolute atomic E-state index is 10.7. The van der Waals surface area contributed by atoms with Crippen molar-refractivity contribution in [3.8, 4) is 11.5 Å². The summed E-state index contributed by atoms with van der Waals surface area (Å²) in [6.45, 7) is 1.85. The minimum Gasteiger partial charge on any atom is -0.497 e. The Labute approximate surface area is 169 Å². The Kier molecular flexibility index (Phi) is 5.27. The Morgan fingerprint density at radius 3 is 2.41 bits per heavy atom. The zero-order valence-electron chi connectivity index (χ0n) is 16.7. The molecule has 0 bridgehead atoms. The van der Waals surface area contributed by atoms with E-state index < -0.39 is 30.2 Å². The molecule has 0 saturated carbocycles. The molecule has 5 atom stereocenters. The van der Waals surface area contributed by atoms with Gasteiger partial charge in [0.1, 0.15) is 29.8 Å². The zero-order valence-corrected chi connectivity index (χ0v) is 16.7. The molecule has 1 spiro atoms. The predicted octanol–water partition coefficient (Wildman–Crippen LogP) is 1.48. The summed E-state index contributed by atoms with van der Waals surface area (Å²) in [6, 6.07) is 11.5. The summed E-state index contributed by atoms with van der Waals surface area (Å²) in [5.74, 6) is -0.0321. The number of benzene rings is 2. The fourth-order valence-electron chi connectivity index (χ4n) is 4.11. The monoisotopic (exact) mass is 402 g/mol. The maximum atomic E-state index is 10.7. The number of aliphatic hydroxyl groups excluding tert-OH is 3. The van der Waals surface area contributed by atoms with Crippen LogP contribution < -0.4 is 9.47 Å². The predicted molar refractivity (Wildman–Crippen MR) is 104 cm³/mol. The first kappa shape index (κ1) is 20.1. The Balaban J connectivity index is 1.73. The first-order chi connectivity index (χ1) is 13.9. The van der Waals surface area contributed by atoms with E-state index in [0.717, 1.165) is 22.4 Å². The van der Waals surface area contributed by atoms with Crippen molar-refractivity contribution in [1.82, 2.24) is 0 Å². The van der Waals surface area contributed by atoms with Gasteiger partial charge in [0, 0.05) is 12.0 Å². The third-order valence-electron chi connectivity index (χ3n) is 5.78. The largest absolute Gasteiger partial charge is 0.497 e. The van der Waals surface area contributed by atoms with Crippen LogP contribution >= 0.6 is 0 Å². The molecule has 2 aromatic carbocycles. The highest BCUT2D eigenvalue weighted by molar-refractivity contribution is 5.49. The highest BCUT2D eigenvalue weighted by Crippen LogP contribution is 2.47. The van der Waals surface area contributed by atoms with Gasteiger partial charge in [-0.25, -0.2) is 0 Å². The van der Waals surface area contributed by atoms with E-state index in [1.54, 1.807) is 21.1 Å². The second-order valence-corrected chi connectivity index (χ2v) is 7.55. The molecule has 2 heterocycles. The summed E-state index contributed by atoms with van der Waals surface area (Å²) in [5.41, 5.74) is 3.42. The highest BCUT2D eigenvalue weighted by atomic mass is 16.7. The van der Waals surface area contributed by atoms with Crippen molar-refractivity contribution >= 4 is 0 Å². The number of hydrogen-bond acceptors (Lipinski definition) is 7. The van der Waals surface area contributed by atoms with Gasteiger partial charge in [0.25, 0.3) is 0 Å². The van der Waals surface area contributed by atoms with Crippen molar-refractivity contribution in [1.29, 1.82) is 0 Å². The fourth-order valence-corrected chi connectivity index (χ4v) is 4.11. The van der Waals surface area contributed by atoms with Gasteiger partial charge in [-0.3, -0.25) is 0 Å². The van der Waals surface area contributed by atoms with Gasteiger partial charge in [-0.05, 0) is 47.9 Å². The molecule has 0 amide bonds. The molecule has 4 rings (SSSR count). The highest BCUT2D eigenvalue weighted by Gasteiger charge is 2.57. The first-order valence-corrected chi connectivity index (χ1v) is 9.58. The van der Waals surface area contributed by atoms with Crippen molar-refractivity contribution in [2.45, 2.75) is 50.2 Å². The molecule has 0 aromatic heterocycles. The Morgan fingerprint density at radius 1 is 1.03 bits per heavy atom. The lowest BCUT2D eigenvalue weighted by Crippen LogP contribution is -2.62. The molecular formula is C22H26O7. The van der Waals surface area contributed by atoms with Gasteiger partial charge >= 0.3 is 0 Å². The number of rotatable bonds is 4. The number of hydrogen-bond donors (Lipinski definition) is 3. The lowest BCUT2D eigenvalue weighted by Gasteiger charge is -2.45. The normalized spacial score (nSPS) is 31.0. The van der Waals surface area contributed by atoms with E-state index in [2.05, 4.69) is 0 Å². The molecule has 7 heteroatoms. The van der Waals surface area contributed by atoms with Gasteiger partial charge in [0.15, 0.2) is 0 Å². The van der Waals surface area contributed by atoms with Gasteiger partial charge in [-0.15, -0.1) is 0 Å². The molecule has 156 valence electrons. The number of fused-ring (bicyclic) bond motifs is 2. The number of ether oxygens (including phenoxy) is 4. The summed E-state index contributed by atoms with van der Waals surface area (Å²) in [7, 11) is 3.23. The van der Waals surface area contributed by atoms with Crippen LogP contribution in [-0.2, 0) is 28.3 Å². The van der Waals surface area contributed by atoms with Crippen molar-refractivity contribution < 1.29 is 34.3 Å². The van der Waals surface area contributed by atoms with Crippen LogP contribution in [0, 0.1) is 0 Å². The van der Waals surface area contributed by atoms with Crippen LogP contribution in [0.5, 0.6) is 11.5 Å². The molecule has 3 N–H and O–H groups in total. The standard InChI is InChI=1S/C22H26O7/c1-12-19(23)20(24)21(25)22(29-12)17-9-14(18(27-3)10-15(17)11-28-22)8-13-4-6-16(26-2)7-5-13/h4-7,9-10,12,19-21,23-25H,8,11H2,1-3H3/t12-,19-,20+,21-,22+/m1/s1. The molecule has 0 aliphatic carbocycles. The van der Waals surface area contributed by atoms with Crippen LogP contribution in [0.3, 0.4) is 0 Å². The van der Waals surface area contributed by atoms with E-state index in [1.165, 1.54) is 0 Å². The second kappa shape index (κ2) is 7.59. The Bertz CT molecular complexity index is 881. The van der Waals surface area contributed by atoms with Gasteiger partial charge in [-0.2, -0.15) is 0 Å². The van der Waals surface area contributed by atoms with Crippen LogP contribution in [0.4, 0.5) is 0 Å². The molecule has 0 unspecified atom stereocenters. The molecule has 1 fully saturated rings. The van der Waals surface area contributed by atoms with Crippen LogP contribution in [0.25, 0.3) is 0 Å². The minimum atomic E-state index is -1.52. The second-order valence-electron chi connectivity index (χ2n) is 7.55. The van der Waals surface area contributed by atoms with E-state index >= 15 is 0 Å². The summed E-state index contributed by atoms with van der Waals surface area (Å²) in [4.78, 5) is 0. The third kappa shape index (κ3) is 3.29. The summed E-state index contributed by atoms with van der Waals surface area (Å²) >= 11 is 0. The minimum absolute atomic E-state index is 0.209. The Morgan fingerprint density at radius 2 is 1.76 bits per heavy atom. The van der Waals surface area contributed by atoms with E-state index in [9.17, 15) is 15.3 Å². The topological polar surface area (TPSA) is 97.6 Å². The SMILES string of the molecule is COc1ccc(Cc2cc3c(cc2OC)CO[C@]32O[C@H](C)[C@@H](O)[C@H](O)[C@H]2O)cc1. The van der Waals surface area contributed by atoms with E-state index in [4.69, 9.17) is 18.9 Å². The fraction of sp³-hybridized carbons (Fsp3) is 0.455. The van der Waals surface area contributed by atoms with Crippen molar-refractivity contribution in [2.24, 2.45) is 0 Å². The molecule has 7 nitrogen and oxygen atoms in total. The van der Waals surface area contributed by atoms with Crippen LogP contribution in [0.2, 0.25) is 0 Å². The summed E-state index contributed by atoms with van der Waals surface area (Å²) < 4.78 is 22.6. The first-order valence-electron chi connectivity index (χ1n) is 9.58. The quantitative estimate of drug-likeness (QED) is 0.713. The summed E-state index contributed by atoms with van der Waals surface area (Å²) in [5, 5.41) is 31.1. The number of methoxy groups -OCH3 is 2. The summed E-state index contributed by atoms with van der Waals surface area (Å²) in [6.07, 6.45) is -4.10. The van der Waals surface area contributed by atoms with Gasteiger partial charge in [0.05, 0.1) is 26.9 Å². The lowest BCUT2D eigenvalue weighted by molar-refractivity contribution is -0.362. The smallest absolute Gasteiger partial charge is 0.225 e.